The molecule has 5 heteroatoms. The van der Waals surface area contributed by atoms with Crippen LogP contribution in [0.3, 0.4) is 0 Å². The molecule has 0 heterocycles. The molecule has 138 valence electrons. The van der Waals surface area contributed by atoms with Gasteiger partial charge in [0.2, 0.25) is 0 Å². The summed E-state index contributed by atoms with van der Waals surface area (Å²) in [4.78, 5) is 4.41. The van der Waals surface area contributed by atoms with Crippen LogP contribution < -0.4 is 10.6 Å². The van der Waals surface area contributed by atoms with E-state index in [2.05, 4.69) is 27.8 Å². The molecule has 3 rings (SSSR count). The Kier molecular flexibility index (Phi) is 5.90. The van der Waals surface area contributed by atoms with Crippen LogP contribution in [0, 0.1) is 5.41 Å². The fraction of sp³-hybridized carbons (Fsp3) is 0.650. The molecule has 0 unspecified atom stereocenters. The Morgan fingerprint density at radius 3 is 2.52 bits per heavy atom. The number of ether oxygens (including phenoxy) is 1. The quantitative estimate of drug-likeness (QED) is 0.546. The Labute approximate surface area is 156 Å². The summed E-state index contributed by atoms with van der Waals surface area (Å²) in [6.45, 7) is 2.71. The normalized spacial score (nSPS) is 20.7. The molecule has 0 spiro atoms. The standard InChI is InChI=1S/C20H30ClN3O/c1-22-18(23-14-19(7-4-8-19)11-12-25-2)24-15-20(9-10-20)16-5-3-6-17(21)13-16/h3,5-6,13H,4,7-12,14-15H2,1-2H3,(H2,22,23,24). The van der Waals surface area contributed by atoms with Gasteiger partial charge < -0.3 is 15.4 Å². The molecule has 0 radical (unpaired) electrons. The second kappa shape index (κ2) is 7.96. The van der Waals surface area contributed by atoms with E-state index in [0.29, 0.717) is 5.41 Å². The molecule has 4 nitrogen and oxygen atoms in total. The zero-order valence-corrected chi connectivity index (χ0v) is 16.2. The molecule has 0 atom stereocenters. The average molecular weight is 364 g/mol. The van der Waals surface area contributed by atoms with Crippen molar-refractivity contribution in [3.05, 3.63) is 34.9 Å². The second-order valence-corrected chi connectivity index (χ2v) is 8.10. The largest absolute Gasteiger partial charge is 0.385 e. The van der Waals surface area contributed by atoms with Gasteiger partial charge in [-0.05, 0) is 55.2 Å². The molecule has 2 fully saturated rings. The highest BCUT2D eigenvalue weighted by atomic mass is 35.5. The summed E-state index contributed by atoms with van der Waals surface area (Å²) in [6, 6.07) is 8.26. The van der Waals surface area contributed by atoms with E-state index >= 15 is 0 Å². The van der Waals surface area contributed by atoms with Crippen LogP contribution in [0.15, 0.2) is 29.3 Å². The van der Waals surface area contributed by atoms with Gasteiger partial charge in [-0.2, -0.15) is 0 Å². The highest BCUT2D eigenvalue weighted by Gasteiger charge is 2.44. The molecule has 25 heavy (non-hydrogen) atoms. The minimum atomic E-state index is 0.215. The third-order valence-corrected chi connectivity index (χ3v) is 6.23. The van der Waals surface area contributed by atoms with Gasteiger partial charge in [0.15, 0.2) is 5.96 Å². The lowest BCUT2D eigenvalue weighted by atomic mass is 9.67. The summed E-state index contributed by atoms with van der Waals surface area (Å²) in [5.41, 5.74) is 1.93. The molecule has 0 bridgehead atoms. The van der Waals surface area contributed by atoms with Crippen LogP contribution in [0.2, 0.25) is 5.02 Å². The van der Waals surface area contributed by atoms with Crippen molar-refractivity contribution in [3.8, 4) is 0 Å². The Hall–Kier alpha value is -1.26. The van der Waals surface area contributed by atoms with Crippen molar-refractivity contribution < 1.29 is 4.74 Å². The fourth-order valence-corrected chi connectivity index (χ4v) is 3.98. The molecular formula is C20H30ClN3O. The van der Waals surface area contributed by atoms with Crippen LogP contribution in [0.1, 0.15) is 44.1 Å². The van der Waals surface area contributed by atoms with Gasteiger partial charge in [-0.1, -0.05) is 30.2 Å². The monoisotopic (exact) mass is 363 g/mol. The van der Waals surface area contributed by atoms with Gasteiger partial charge >= 0.3 is 0 Å². The van der Waals surface area contributed by atoms with E-state index < -0.39 is 0 Å². The van der Waals surface area contributed by atoms with Crippen molar-refractivity contribution in [2.75, 3.05) is 33.9 Å². The van der Waals surface area contributed by atoms with Gasteiger partial charge in [-0.15, -0.1) is 0 Å². The molecule has 0 aliphatic heterocycles. The average Bonchev–Trinajstić information content (AvgIpc) is 3.37. The first-order chi connectivity index (χ1) is 12.1. The van der Waals surface area contributed by atoms with E-state index in [0.717, 1.165) is 37.1 Å². The Bertz CT molecular complexity index is 609. The first kappa shape index (κ1) is 18.5. The summed E-state index contributed by atoms with van der Waals surface area (Å²) >= 11 is 6.17. The summed E-state index contributed by atoms with van der Waals surface area (Å²) in [5, 5.41) is 7.89. The molecule has 1 aromatic carbocycles. The molecular weight excluding hydrogens is 334 g/mol. The Balaban J connectivity index is 1.51. The van der Waals surface area contributed by atoms with Crippen LogP contribution in [-0.4, -0.2) is 39.8 Å². The third-order valence-electron chi connectivity index (χ3n) is 5.99. The number of rotatable bonds is 8. The van der Waals surface area contributed by atoms with Crippen LogP contribution in [-0.2, 0) is 10.2 Å². The highest BCUT2D eigenvalue weighted by molar-refractivity contribution is 6.30. The van der Waals surface area contributed by atoms with Crippen LogP contribution in [0.4, 0.5) is 0 Å². The molecule has 0 aromatic heterocycles. The lowest BCUT2D eigenvalue weighted by Crippen LogP contribution is -2.48. The van der Waals surface area contributed by atoms with Gasteiger partial charge in [0.25, 0.3) is 0 Å². The molecule has 2 saturated carbocycles. The minimum Gasteiger partial charge on any atom is -0.385 e. The Morgan fingerprint density at radius 1 is 1.20 bits per heavy atom. The predicted molar refractivity (Wildman–Crippen MR) is 105 cm³/mol. The first-order valence-electron chi connectivity index (χ1n) is 9.31. The van der Waals surface area contributed by atoms with E-state index in [1.165, 1.54) is 37.7 Å². The number of benzene rings is 1. The van der Waals surface area contributed by atoms with Gasteiger partial charge in [-0.25, -0.2) is 0 Å². The van der Waals surface area contributed by atoms with Gasteiger partial charge in [-0.3, -0.25) is 4.99 Å². The van der Waals surface area contributed by atoms with Crippen LogP contribution in [0.25, 0.3) is 0 Å². The van der Waals surface area contributed by atoms with Crippen LogP contribution in [0.5, 0.6) is 0 Å². The van der Waals surface area contributed by atoms with E-state index in [1.807, 2.05) is 19.2 Å². The van der Waals surface area contributed by atoms with Crippen molar-refractivity contribution in [1.82, 2.24) is 10.6 Å². The van der Waals surface area contributed by atoms with Gasteiger partial charge in [0.1, 0.15) is 0 Å². The molecule has 0 amide bonds. The number of guanidine groups is 1. The SMILES string of the molecule is CN=C(NCC1(CCOC)CCC1)NCC1(c2cccc(Cl)c2)CC1. The first-order valence-corrected chi connectivity index (χ1v) is 9.69. The highest BCUT2D eigenvalue weighted by Crippen LogP contribution is 2.48. The number of aliphatic imine (C=N–C) groups is 1. The number of hydrogen-bond acceptors (Lipinski definition) is 2. The summed E-state index contributed by atoms with van der Waals surface area (Å²) in [5.74, 6) is 0.900. The van der Waals surface area contributed by atoms with Crippen molar-refractivity contribution in [1.29, 1.82) is 0 Å². The van der Waals surface area contributed by atoms with E-state index in [1.54, 1.807) is 7.11 Å². The Morgan fingerprint density at radius 2 is 1.96 bits per heavy atom. The lowest BCUT2D eigenvalue weighted by molar-refractivity contribution is 0.0732. The van der Waals surface area contributed by atoms with E-state index in [9.17, 15) is 0 Å². The summed E-state index contributed by atoms with van der Waals surface area (Å²) in [6.07, 6.45) is 7.43. The second-order valence-electron chi connectivity index (χ2n) is 7.67. The molecule has 0 saturated heterocycles. The molecule has 1 aromatic rings. The zero-order chi connectivity index (χ0) is 17.8. The maximum atomic E-state index is 6.17. The summed E-state index contributed by atoms with van der Waals surface area (Å²) < 4.78 is 5.28. The lowest BCUT2D eigenvalue weighted by Gasteiger charge is -2.42. The fourth-order valence-electron chi connectivity index (χ4n) is 3.79. The van der Waals surface area contributed by atoms with Gasteiger partial charge in [0.05, 0.1) is 0 Å². The topological polar surface area (TPSA) is 45.7 Å². The van der Waals surface area contributed by atoms with Crippen molar-refractivity contribution >= 4 is 17.6 Å². The molecule has 2 N–H and O–H groups in total. The number of hydrogen-bond donors (Lipinski definition) is 2. The van der Waals surface area contributed by atoms with E-state index in [-0.39, 0.29) is 5.41 Å². The third kappa shape index (κ3) is 4.48. The number of nitrogens with zero attached hydrogens (tertiary/aromatic N) is 1. The van der Waals surface area contributed by atoms with Crippen LogP contribution >= 0.6 is 11.6 Å². The number of halogens is 1. The maximum Gasteiger partial charge on any atom is 0.191 e. The van der Waals surface area contributed by atoms with Crippen molar-refractivity contribution in [2.24, 2.45) is 10.4 Å². The van der Waals surface area contributed by atoms with Gasteiger partial charge in [0, 0.05) is 44.3 Å². The molecule has 2 aliphatic rings. The predicted octanol–water partition coefficient (Wildman–Crippen LogP) is 3.74. The number of methoxy groups -OCH3 is 1. The van der Waals surface area contributed by atoms with E-state index in [4.69, 9.17) is 16.3 Å². The number of nitrogens with one attached hydrogen (secondary N) is 2. The van der Waals surface area contributed by atoms with Crippen molar-refractivity contribution in [3.63, 3.8) is 0 Å². The maximum absolute atomic E-state index is 6.17. The smallest absolute Gasteiger partial charge is 0.191 e. The summed E-state index contributed by atoms with van der Waals surface area (Å²) in [7, 11) is 3.63. The molecule has 2 aliphatic carbocycles. The minimum absolute atomic E-state index is 0.215. The van der Waals surface area contributed by atoms with Crippen molar-refractivity contribution in [2.45, 2.75) is 43.9 Å². The zero-order valence-electron chi connectivity index (χ0n) is 15.4.